The zero-order valence-electron chi connectivity index (χ0n) is 29.1. The number of anilines is 2. The van der Waals surface area contributed by atoms with E-state index in [0.29, 0.717) is 29.3 Å². The lowest BCUT2D eigenvalue weighted by atomic mass is 10.1. The summed E-state index contributed by atoms with van der Waals surface area (Å²) in [6, 6.07) is 14.8. The quantitative estimate of drug-likeness (QED) is 0.200. The fourth-order valence-corrected chi connectivity index (χ4v) is 8.01. The Kier molecular flexibility index (Phi) is 11.0. The number of rotatable bonds is 4. The number of carbonyl (C=O) groups is 4. The highest BCUT2D eigenvalue weighted by Crippen LogP contribution is 2.41. The average Bonchev–Trinajstić information content (AvgIpc) is 3.37. The van der Waals surface area contributed by atoms with Crippen molar-refractivity contribution in [3.05, 3.63) is 111 Å². The zero-order valence-corrected chi connectivity index (χ0v) is 30.7. The summed E-state index contributed by atoms with van der Waals surface area (Å²) in [5.74, 6) is -5.20. The average molecular weight is 782 g/mol. The van der Waals surface area contributed by atoms with Crippen LogP contribution in [0, 0.1) is 17.5 Å². The smallest absolute Gasteiger partial charge is 0.408 e. The Labute approximate surface area is 315 Å². The van der Waals surface area contributed by atoms with Crippen LogP contribution < -0.4 is 26.3 Å². The van der Waals surface area contributed by atoms with Crippen LogP contribution >= 0.6 is 23.5 Å². The van der Waals surface area contributed by atoms with E-state index in [1.807, 2.05) is 36.4 Å². The normalized spacial score (nSPS) is 17.3. The maximum absolute atomic E-state index is 13.9. The first-order chi connectivity index (χ1) is 25.6. The third-order valence-electron chi connectivity index (χ3n) is 8.37. The molecule has 1 aromatic heterocycles. The van der Waals surface area contributed by atoms with E-state index < -0.39 is 75.9 Å². The molecule has 282 valence electrons. The Hall–Kier alpha value is -5.42. The van der Waals surface area contributed by atoms with Gasteiger partial charge >= 0.3 is 6.09 Å². The number of nitrogens with one attached hydrogen (secondary N) is 3. The summed E-state index contributed by atoms with van der Waals surface area (Å²) in [6.45, 7) is 4.96. The number of benzene rings is 3. The molecular weight excluding hydrogens is 748 g/mol. The number of aromatic nitrogens is 1. The van der Waals surface area contributed by atoms with Crippen LogP contribution in [0.5, 0.6) is 5.75 Å². The van der Waals surface area contributed by atoms with Crippen molar-refractivity contribution in [1.29, 1.82) is 0 Å². The number of halogens is 3. The van der Waals surface area contributed by atoms with E-state index in [-0.39, 0.29) is 24.2 Å². The molecule has 0 radical (unpaired) electrons. The van der Waals surface area contributed by atoms with Gasteiger partial charge in [-0.1, -0.05) is 24.3 Å². The van der Waals surface area contributed by atoms with Crippen LogP contribution in [0.4, 0.5) is 29.3 Å². The number of hydrogen-bond donors (Lipinski definition) is 4. The summed E-state index contributed by atoms with van der Waals surface area (Å²) < 4.78 is 47.5. The highest BCUT2D eigenvalue weighted by Gasteiger charge is 2.39. The lowest BCUT2D eigenvalue weighted by Crippen LogP contribution is -2.46. The molecule has 54 heavy (non-hydrogen) atoms. The van der Waals surface area contributed by atoms with Crippen LogP contribution in [0.25, 0.3) is 0 Å². The Morgan fingerprint density at radius 2 is 1.61 bits per heavy atom. The van der Waals surface area contributed by atoms with Crippen molar-refractivity contribution in [2.24, 2.45) is 0 Å². The molecule has 12 nitrogen and oxygen atoms in total. The Balaban J connectivity index is 0.000000212. The second-order valence-corrected chi connectivity index (χ2v) is 15.5. The lowest BCUT2D eigenvalue weighted by Gasteiger charge is -2.34. The number of amides is 4. The van der Waals surface area contributed by atoms with Crippen molar-refractivity contribution in [3.8, 4) is 5.75 Å². The highest BCUT2D eigenvalue weighted by atomic mass is 32.2. The molecule has 3 aliphatic heterocycles. The highest BCUT2D eigenvalue weighted by molar-refractivity contribution is 7.99. The van der Waals surface area contributed by atoms with Gasteiger partial charge in [0.25, 0.3) is 11.8 Å². The van der Waals surface area contributed by atoms with Crippen LogP contribution in [0.3, 0.4) is 0 Å². The summed E-state index contributed by atoms with van der Waals surface area (Å²) >= 11 is 3.03. The number of hydrogen-bond acceptors (Lipinski definition) is 9. The van der Waals surface area contributed by atoms with Gasteiger partial charge < -0.3 is 35.3 Å². The molecule has 0 fully saturated rings. The van der Waals surface area contributed by atoms with Gasteiger partial charge in [0.2, 0.25) is 11.3 Å². The molecule has 4 N–H and O–H groups in total. The predicted octanol–water partition coefficient (Wildman–Crippen LogP) is 5.83. The molecule has 0 aliphatic carbocycles. The van der Waals surface area contributed by atoms with Gasteiger partial charge in [0.05, 0.1) is 17.4 Å². The van der Waals surface area contributed by atoms with Crippen molar-refractivity contribution >= 4 is 58.7 Å². The van der Waals surface area contributed by atoms with Gasteiger partial charge in [-0.05, 0) is 45.0 Å². The summed E-state index contributed by atoms with van der Waals surface area (Å²) in [5, 5.41) is 18.2. The molecule has 2 bridgehead atoms. The fraction of sp³-hybridized carbons (Fsp3) is 0.270. The number of fused-ring (bicyclic) bond motifs is 7. The topological polar surface area (TPSA) is 159 Å². The zero-order chi connectivity index (χ0) is 38.9. The van der Waals surface area contributed by atoms with E-state index in [9.17, 15) is 42.3 Å². The van der Waals surface area contributed by atoms with E-state index in [2.05, 4.69) is 16.0 Å². The minimum atomic E-state index is -1.19. The van der Waals surface area contributed by atoms with Crippen LogP contribution in [0.2, 0.25) is 0 Å². The van der Waals surface area contributed by atoms with Gasteiger partial charge in [-0.25, -0.2) is 18.0 Å². The molecule has 3 aliphatic rings. The number of alkyl carbamates (subject to hydrolysis) is 1. The molecule has 17 heteroatoms. The van der Waals surface area contributed by atoms with Crippen molar-refractivity contribution in [1.82, 2.24) is 15.2 Å². The number of para-hydroxylation sites is 2. The largest absolute Gasteiger partial charge is 0.503 e. The first-order valence-corrected chi connectivity index (χ1v) is 18.5. The minimum absolute atomic E-state index is 0.228. The third-order valence-corrected chi connectivity index (χ3v) is 10.7. The summed E-state index contributed by atoms with van der Waals surface area (Å²) in [5.41, 5.74) is -1.53. The van der Waals surface area contributed by atoms with Crippen LogP contribution in [0.15, 0.2) is 81.4 Å². The van der Waals surface area contributed by atoms with Gasteiger partial charge in [-0.15, -0.1) is 23.5 Å². The van der Waals surface area contributed by atoms with Crippen LogP contribution in [-0.2, 0) is 16.1 Å². The molecule has 2 atom stereocenters. The molecular formula is C37H34F3N5O7S2. The molecule has 0 saturated heterocycles. The van der Waals surface area contributed by atoms with Crippen LogP contribution in [-0.4, -0.2) is 63.2 Å². The number of nitrogens with zero attached hydrogens (tertiary/aromatic N) is 2. The van der Waals surface area contributed by atoms with Crippen molar-refractivity contribution in [2.75, 3.05) is 28.3 Å². The van der Waals surface area contributed by atoms with Gasteiger partial charge in [-0.3, -0.25) is 19.2 Å². The van der Waals surface area contributed by atoms with Crippen molar-refractivity contribution < 1.29 is 42.2 Å². The van der Waals surface area contributed by atoms with Crippen LogP contribution in [0.1, 0.15) is 53.2 Å². The summed E-state index contributed by atoms with van der Waals surface area (Å²) in [6.07, 6.45) is 0.602. The minimum Gasteiger partial charge on any atom is -0.503 e. The lowest BCUT2D eigenvalue weighted by molar-refractivity contribution is -0.117. The summed E-state index contributed by atoms with van der Waals surface area (Å²) in [4.78, 5) is 65.9. The van der Waals surface area contributed by atoms with Gasteiger partial charge in [0.15, 0.2) is 11.4 Å². The van der Waals surface area contributed by atoms with Gasteiger partial charge in [0.1, 0.15) is 34.7 Å². The third kappa shape index (κ3) is 8.21. The van der Waals surface area contributed by atoms with Gasteiger partial charge in [0, 0.05) is 58.3 Å². The SMILES string of the molecule is CC(C)(C)OC(=O)N[C@H]1CSc2ccccc2NC1=O.O=C(NCc1c(F)cc(F)cc1F)c1cn2c(c(O)c1=O)C(=O)N1C[C@@H]2CSc2ccccc21. The molecule has 4 amide bonds. The first-order valence-electron chi connectivity index (χ1n) is 16.6. The van der Waals surface area contributed by atoms with E-state index in [1.165, 1.54) is 39.2 Å². The van der Waals surface area contributed by atoms with E-state index in [0.717, 1.165) is 15.5 Å². The van der Waals surface area contributed by atoms with E-state index >= 15 is 0 Å². The number of aromatic hydroxyl groups is 1. The Morgan fingerprint density at radius 1 is 0.963 bits per heavy atom. The monoisotopic (exact) mass is 781 g/mol. The molecule has 0 unspecified atom stereocenters. The molecule has 3 aromatic carbocycles. The molecule has 4 heterocycles. The molecule has 0 spiro atoms. The van der Waals surface area contributed by atoms with E-state index in [4.69, 9.17) is 4.74 Å². The van der Waals surface area contributed by atoms with Crippen molar-refractivity contribution in [2.45, 2.75) is 54.8 Å². The Bertz CT molecular complexity index is 2210. The maximum atomic E-state index is 13.9. The second kappa shape index (κ2) is 15.5. The standard InChI is InChI=1S/C23H16F3N3O4S.C14H18N2O3S/c24-11-5-15(25)13(16(26)6-11)7-27-22(32)14-9-28-12-8-29(23(33)19(28)21(31)20(14)30)17-3-1-2-4-18(17)34-10-12;1-14(2,3)19-13(18)16-10-8-20-11-7-5-4-6-9(11)15-12(10)17/h1-6,9,12,31H,7-8,10H2,(H,27,32);4-7,10H,8H2,1-3H3,(H,15,17)(H,16,18)/t12-;10-/m10/s1. The first kappa shape index (κ1) is 38.3. The van der Waals surface area contributed by atoms with Gasteiger partial charge in [-0.2, -0.15) is 0 Å². The predicted molar refractivity (Wildman–Crippen MR) is 197 cm³/mol. The fourth-order valence-electron chi connectivity index (χ4n) is 5.85. The summed E-state index contributed by atoms with van der Waals surface area (Å²) in [7, 11) is 0. The van der Waals surface area contributed by atoms with E-state index in [1.54, 1.807) is 32.9 Å². The number of ether oxygens (including phenoxy) is 1. The number of carbonyl (C=O) groups excluding carboxylic acids is 4. The molecule has 4 aromatic rings. The molecule has 0 saturated carbocycles. The van der Waals surface area contributed by atoms with Crippen molar-refractivity contribution in [3.63, 3.8) is 0 Å². The number of pyridine rings is 1. The Morgan fingerprint density at radius 3 is 2.31 bits per heavy atom. The maximum Gasteiger partial charge on any atom is 0.408 e. The number of thioether (sulfide) groups is 2. The molecule has 7 rings (SSSR count). The second-order valence-electron chi connectivity index (χ2n) is 13.4.